The average molecular weight is 459 g/mol. The van der Waals surface area contributed by atoms with E-state index in [1.165, 1.54) is 0 Å². The predicted molar refractivity (Wildman–Crippen MR) is 119 cm³/mol. The second-order valence-corrected chi connectivity index (χ2v) is 8.28. The third kappa shape index (κ3) is 3.55. The van der Waals surface area contributed by atoms with Crippen LogP contribution >= 0.6 is 15.9 Å². The molecule has 30 heavy (non-hydrogen) atoms. The number of benzene rings is 3. The number of aromatic nitrogens is 3. The number of hydrogen-bond donors (Lipinski definition) is 0. The van der Waals surface area contributed by atoms with Gasteiger partial charge in [0.1, 0.15) is 5.69 Å². The standard InChI is InChI=1S/C24H19BrN4O/c25-19-11-12-22-21(13-19)23(18-9-5-2-6-10-18)24(30)29(22)16-20-15-28(27-26-20)14-17-7-3-1-4-8-17/h1-13,15,23H,14,16H2/t23-/m1/s1. The molecule has 1 aliphatic rings. The fraction of sp³-hybridized carbons (Fsp3) is 0.125. The Bertz CT molecular complexity index is 1190. The van der Waals surface area contributed by atoms with Crippen molar-refractivity contribution in [1.29, 1.82) is 0 Å². The van der Waals surface area contributed by atoms with Gasteiger partial charge in [-0.15, -0.1) is 5.10 Å². The number of amides is 1. The highest BCUT2D eigenvalue weighted by Crippen LogP contribution is 2.42. The van der Waals surface area contributed by atoms with E-state index in [1.807, 2.05) is 82.5 Å². The van der Waals surface area contributed by atoms with Crippen LogP contribution in [-0.2, 0) is 17.9 Å². The van der Waals surface area contributed by atoms with E-state index in [0.29, 0.717) is 13.1 Å². The Hall–Kier alpha value is -3.25. The minimum Gasteiger partial charge on any atom is -0.305 e. The molecule has 0 N–H and O–H groups in total. The summed E-state index contributed by atoms with van der Waals surface area (Å²) in [6.07, 6.45) is 1.91. The number of halogens is 1. The van der Waals surface area contributed by atoms with Gasteiger partial charge in [0.25, 0.3) is 0 Å². The van der Waals surface area contributed by atoms with Gasteiger partial charge in [0.15, 0.2) is 0 Å². The lowest BCUT2D eigenvalue weighted by Crippen LogP contribution is -2.28. The van der Waals surface area contributed by atoms with E-state index in [4.69, 9.17) is 0 Å². The first-order chi connectivity index (χ1) is 14.7. The Morgan fingerprint density at radius 3 is 2.40 bits per heavy atom. The number of carbonyl (C=O) groups excluding carboxylic acids is 1. The first-order valence-electron chi connectivity index (χ1n) is 9.78. The second-order valence-electron chi connectivity index (χ2n) is 7.36. The summed E-state index contributed by atoms with van der Waals surface area (Å²) in [4.78, 5) is 15.2. The van der Waals surface area contributed by atoms with Crippen LogP contribution in [0.1, 0.15) is 28.3 Å². The first-order valence-corrected chi connectivity index (χ1v) is 10.6. The average Bonchev–Trinajstić information content (AvgIpc) is 3.31. The summed E-state index contributed by atoms with van der Waals surface area (Å²) in [5.74, 6) is -0.245. The van der Waals surface area contributed by atoms with Crippen molar-refractivity contribution in [2.75, 3.05) is 4.90 Å². The zero-order valence-electron chi connectivity index (χ0n) is 16.1. The van der Waals surface area contributed by atoms with E-state index >= 15 is 0 Å². The molecule has 1 atom stereocenters. The van der Waals surface area contributed by atoms with Crippen molar-refractivity contribution < 1.29 is 4.79 Å². The van der Waals surface area contributed by atoms with Crippen LogP contribution in [0.15, 0.2) is 89.5 Å². The molecule has 2 heterocycles. The molecule has 3 aromatic carbocycles. The van der Waals surface area contributed by atoms with Gasteiger partial charge in [-0.2, -0.15) is 0 Å². The van der Waals surface area contributed by atoms with E-state index in [0.717, 1.165) is 32.5 Å². The zero-order valence-corrected chi connectivity index (χ0v) is 17.7. The van der Waals surface area contributed by atoms with Crippen molar-refractivity contribution >= 4 is 27.5 Å². The van der Waals surface area contributed by atoms with E-state index < -0.39 is 0 Å². The molecule has 5 rings (SSSR count). The second kappa shape index (κ2) is 7.88. The largest absolute Gasteiger partial charge is 0.305 e. The molecule has 1 aliphatic heterocycles. The summed E-state index contributed by atoms with van der Waals surface area (Å²) in [6, 6.07) is 26.1. The summed E-state index contributed by atoms with van der Waals surface area (Å²) in [5.41, 5.74) is 4.86. The van der Waals surface area contributed by atoms with Gasteiger partial charge >= 0.3 is 0 Å². The smallest absolute Gasteiger partial charge is 0.239 e. The summed E-state index contributed by atoms with van der Waals surface area (Å²) in [5, 5.41) is 8.56. The number of rotatable bonds is 5. The molecular weight excluding hydrogens is 440 g/mol. The van der Waals surface area contributed by atoms with Crippen molar-refractivity contribution in [1.82, 2.24) is 15.0 Å². The molecule has 5 nitrogen and oxygen atoms in total. The molecule has 0 spiro atoms. The van der Waals surface area contributed by atoms with E-state index in [-0.39, 0.29) is 11.8 Å². The molecule has 0 bridgehead atoms. The van der Waals surface area contributed by atoms with E-state index in [9.17, 15) is 4.79 Å². The quantitative estimate of drug-likeness (QED) is 0.432. The molecule has 0 radical (unpaired) electrons. The summed E-state index contributed by atoms with van der Waals surface area (Å²) < 4.78 is 2.77. The predicted octanol–water partition coefficient (Wildman–Crippen LogP) is 4.77. The van der Waals surface area contributed by atoms with E-state index in [1.54, 1.807) is 0 Å². The molecule has 148 valence electrons. The van der Waals surface area contributed by atoms with Crippen molar-refractivity contribution in [2.24, 2.45) is 0 Å². The fourth-order valence-corrected chi connectivity index (χ4v) is 4.34. The topological polar surface area (TPSA) is 51.0 Å². The Kier molecular flexibility index (Phi) is 4.93. The minimum atomic E-state index is -0.307. The van der Waals surface area contributed by atoms with Crippen LogP contribution in [0.5, 0.6) is 0 Å². The molecule has 4 aromatic rings. The van der Waals surface area contributed by atoms with Gasteiger partial charge in [-0.05, 0) is 34.9 Å². The van der Waals surface area contributed by atoms with Crippen LogP contribution in [0.25, 0.3) is 0 Å². The van der Waals surface area contributed by atoms with Crippen LogP contribution in [0, 0.1) is 0 Å². The molecule has 6 heteroatoms. The van der Waals surface area contributed by atoms with Crippen molar-refractivity contribution in [3.8, 4) is 0 Å². The van der Waals surface area contributed by atoms with Gasteiger partial charge in [0, 0.05) is 10.2 Å². The fourth-order valence-electron chi connectivity index (χ4n) is 3.96. The van der Waals surface area contributed by atoms with Crippen LogP contribution in [0.2, 0.25) is 0 Å². The maximum absolute atomic E-state index is 13.4. The van der Waals surface area contributed by atoms with Crippen molar-refractivity contribution in [3.05, 3.63) is 112 Å². The molecule has 0 aliphatic carbocycles. The molecular formula is C24H19BrN4O. The third-order valence-electron chi connectivity index (χ3n) is 5.33. The Balaban J connectivity index is 1.43. The van der Waals surface area contributed by atoms with Crippen molar-refractivity contribution in [3.63, 3.8) is 0 Å². The molecule has 0 saturated carbocycles. The highest BCUT2D eigenvalue weighted by molar-refractivity contribution is 9.10. The maximum Gasteiger partial charge on any atom is 0.239 e. The Morgan fingerprint density at radius 1 is 0.900 bits per heavy atom. The number of nitrogens with zero attached hydrogens (tertiary/aromatic N) is 4. The van der Waals surface area contributed by atoms with Crippen LogP contribution in [-0.4, -0.2) is 20.9 Å². The number of hydrogen-bond acceptors (Lipinski definition) is 3. The summed E-state index contributed by atoms with van der Waals surface area (Å²) in [7, 11) is 0. The number of carbonyl (C=O) groups is 1. The van der Waals surface area contributed by atoms with Crippen molar-refractivity contribution in [2.45, 2.75) is 19.0 Å². The Labute approximate surface area is 183 Å². The highest BCUT2D eigenvalue weighted by Gasteiger charge is 2.38. The SMILES string of the molecule is O=C1[C@H](c2ccccc2)c2cc(Br)ccc2N1Cc1cn(Cc2ccccc2)nn1. The number of fused-ring (bicyclic) bond motifs is 1. The van der Waals surface area contributed by atoms with Gasteiger partial charge in [-0.25, -0.2) is 4.68 Å². The lowest BCUT2D eigenvalue weighted by molar-refractivity contribution is -0.118. The van der Waals surface area contributed by atoms with Gasteiger partial charge < -0.3 is 4.90 Å². The normalized spacial score (nSPS) is 15.4. The minimum absolute atomic E-state index is 0.0620. The molecule has 1 amide bonds. The molecule has 0 unspecified atom stereocenters. The molecule has 0 saturated heterocycles. The van der Waals surface area contributed by atoms with Gasteiger partial charge in [-0.1, -0.05) is 81.8 Å². The monoisotopic (exact) mass is 458 g/mol. The van der Waals surface area contributed by atoms with Gasteiger partial charge in [-0.3, -0.25) is 4.79 Å². The van der Waals surface area contributed by atoms with Gasteiger partial charge in [0.2, 0.25) is 5.91 Å². The molecule has 0 fully saturated rings. The van der Waals surface area contributed by atoms with Crippen LogP contribution in [0.4, 0.5) is 5.69 Å². The lowest BCUT2D eigenvalue weighted by Gasteiger charge is -2.16. The first kappa shape index (κ1) is 18.8. The zero-order chi connectivity index (χ0) is 20.5. The van der Waals surface area contributed by atoms with Crippen LogP contribution < -0.4 is 4.90 Å². The maximum atomic E-state index is 13.4. The van der Waals surface area contributed by atoms with Gasteiger partial charge in [0.05, 0.1) is 25.2 Å². The number of anilines is 1. The third-order valence-corrected chi connectivity index (χ3v) is 5.82. The molecule has 1 aromatic heterocycles. The highest BCUT2D eigenvalue weighted by atomic mass is 79.9. The van der Waals surface area contributed by atoms with E-state index in [2.05, 4.69) is 38.4 Å². The lowest BCUT2D eigenvalue weighted by atomic mass is 9.93. The Morgan fingerprint density at radius 2 is 1.63 bits per heavy atom. The van der Waals surface area contributed by atoms with Crippen LogP contribution in [0.3, 0.4) is 0 Å². The summed E-state index contributed by atoms with van der Waals surface area (Å²) >= 11 is 3.55. The summed E-state index contributed by atoms with van der Waals surface area (Å²) in [6.45, 7) is 1.05.